The van der Waals surface area contributed by atoms with Crippen molar-refractivity contribution in [1.29, 1.82) is 0 Å². The van der Waals surface area contributed by atoms with Crippen LogP contribution in [0.25, 0.3) is 0 Å². The topological polar surface area (TPSA) is 49.3 Å². The van der Waals surface area contributed by atoms with Crippen molar-refractivity contribution in [2.75, 3.05) is 6.54 Å². The first kappa shape index (κ1) is 8.53. The smallest absolute Gasteiger partial charge is 0.248 e. The number of carbonyl (C=O) groups is 1. The fourth-order valence-corrected chi connectivity index (χ4v) is 1.06. The lowest BCUT2D eigenvalue weighted by molar-refractivity contribution is -0.128. The van der Waals surface area contributed by atoms with Crippen molar-refractivity contribution in [3.63, 3.8) is 0 Å². The molecule has 2 unspecified atom stereocenters. The standard InChI is InChI=1S/C8H15NO2/c1-5-3-7(5)4-9-8(11)6(2)10/h5-7,10H,3-4H2,1-2H3,(H,9,11)/t5?,6-,7?/m0/s1. The highest BCUT2D eigenvalue weighted by Crippen LogP contribution is 2.36. The van der Waals surface area contributed by atoms with Gasteiger partial charge in [-0.15, -0.1) is 0 Å². The molecule has 0 heterocycles. The fourth-order valence-electron chi connectivity index (χ4n) is 1.06. The minimum Gasteiger partial charge on any atom is -0.384 e. The normalized spacial score (nSPS) is 31.2. The first-order valence-electron chi connectivity index (χ1n) is 4.07. The molecule has 1 amide bonds. The van der Waals surface area contributed by atoms with Gasteiger partial charge in [-0.25, -0.2) is 0 Å². The van der Waals surface area contributed by atoms with Crippen LogP contribution in [0.15, 0.2) is 0 Å². The molecule has 0 radical (unpaired) electrons. The molecule has 1 aliphatic rings. The van der Waals surface area contributed by atoms with E-state index in [-0.39, 0.29) is 5.91 Å². The number of rotatable bonds is 3. The Bertz CT molecular complexity index is 156. The summed E-state index contributed by atoms with van der Waals surface area (Å²) in [5.74, 6) is 1.14. The van der Waals surface area contributed by atoms with E-state index >= 15 is 0 Å². The van der Waals surface area contributed by atoms with Crippen molar-refractivity contribution in [2.24, 2.45) is 11.8 Å². The van der Waals surface area contributed by atoms with Gasteiger partial charge in [-0.05, 0) is 25.2 Å². The van der Waals surface area contributed by atoms with E-state index in [1.807, 2.05) is 0 Å². The zero-order chi connectivity index (χ0) is 8.43. The minimum absolute atomic E-state index is 0.260. The Kier molecular flexibility index (Phi) is 2.49. The molecule has 0 saturated heterocycles. The zero-order valence-electron chi connectivity index (χ0n) is 7.00. The summed E-state index contributed by atoms with van der Waals surface area (Å²) in [6.45, 7) is 4.37. The highest BCUT2D eigenvalue weighted by atomic mass is 16.3. The van der Waals surface area contributed by atoms with E-state index in [4.69, 9.17) is 5.11 Å². The van der Waals surface area contributed by atoms with Crippen LogP contribution in [0, 0.1) is 11.8 Å². The van der Waals surface area contributed by atoms with E-state index in [1.54, 1.807) is 0 Å². The summed E-state index contributed by atoms with van der Waals surface area (Å²) in [6, 6.07) is 0. The Morgan fingerprint density at radius 2 is 2.36 bits per heavy atom. The van der Waals surface area contributed by atoms with Crippen molar-refractivity contribution < 1.29 is 9.90 Å². The van der Waals surface area contributed by atoms with Crippen molar-refractivity contribution in [3.05, 3.63) is 0 Å². The number of hydrogen-bond donors (Lipinski definition) is 2. The van der Waals surface area contributed by atoms with E-state index in [2.05, 4.69) is 12.2 Å². The van der Waals surface area contributed by atoms with E-state index in [9.17, 15) is 4.79 Å². The second-order valence-corrected chi connectivity index (χ2v) is 3.39. The second-order valence-electron chi connectivity index (χ2n) is 3.39. The molecule has 0 aromatic carbocycles. The highest BCUT2D eigenvalue weighted by molar-refractivity contribution is 5.79. The summed E-state index contributed by atoms with van der Waals surface area (Å²) < 4.78 is 0. The summed E-state index contributed by atoms with van der Waals surface area (Å²) in [7, 11) is 0. The van der Waals surface area contributed by atoms with Crippen LogP contribution < -0.4 is 5.32 Å². The quantitative estimate of drug-likeness (QED) is 0.612. The van der Waals surface area contributed by atoms with Gasteiger partial charge < -0.3 is 10.4 Å². The highest BCUT2D eigenvalue weighted by Gasteiger charge is 2.32. The van der Waals surface area contributed by atoms with Gasteiger partial charge in [0, 0.05) is 6.54 Å². The lowest BCUT2D eigenvalue weighted by Gasteiger charge is -2.05. The summed E-state index contributed by atoms with van der Waals surface area (Å²) >= 11 is 0. The van der Waals surface area contributed by atoms with Crippen molar-refractivity contribution in [1.82, 2.24) is 5.32 Å². The minimum atomic E-state index is -0.871. The molecule has 2 N–H and O–H groups in total. The van der Waals surface area contributed by atoms with Gasteiger partial charge in [0.1, 0.15) is 6.10 Å². The Hall–Kier alpha value is -0.570. The molecule has 0 aromatic heterocycles. The molecular formula is C8H15NO2. The number of amides is 1. The third-order valence-electron chi connectivity index (χ3n) is 2.19. The predicted molar refractivity (Wildman–Crippen MR) is 42.0 cm³/mol. The fraction of sp³-hybridized carbons (Fsp3) is 0.875. The van der Waals surface area contributed by atoms with E-state index in [1.165, 1.54) is 13.3 Å². The SMILES string of the molecule is CC1CC1CNC(=O)[C@H](C)O. The maximum absolute atomic E-state index is 10.8. The van der Waals surface area contributed by atoms with Crippen LogP contribution in [-0.2, 0) is 4.79 Å². The van der Waals surface area contributed by atoms with E-state index in [0.29, 0.717) is 5.92 Å². The Labute approximate surface area is 66.8 Å². The van der Waals surface area contributed by atoms with Gasteiger partial charge in [-0.1, -0.05) is 6.92 Å². The summed E-state index contributed by atoms with van der Waals surface area (Å²) in [5.41, 5.74) is 0. The number of aliphatic hydroxyl groups excluding tert-OH is 1. The van der Waals surface area contributed by atoms with Gasteiger partial charge in [0.25, 0.3) is 0 Å². The Morgan fingerprint density at radius 1 is 1.82 bits per heavy atom. The average molecular weight is 157 g/mol. The number of nitrogens with one attached hydrogen (secondary N) is 1. The lowest BCUT2D eigenvalue weighted by Crippen LogP contribution is -2.33. The van der Waals surface area contributed by atoms with Gasteiger partial charge in [0.2, 0.25) is 5.91 Å². The number of aliphatic hydroxyl groups is 1. The molecule has 11 heavy (non-hydrogen) atoms. The van der Waals surface area contributed by atoms with Gasteiger partial charge >= 0.3 is 0 Å². The third-order valence-corrected chi connectivity index (χ3v) is 2.19. The van der Waals surface area contributed by atoms with Crippen molar-refractivity contribution in [3.8, 4) is 0 Å². The van der Waals surface area contributed by atoms with Gasteiger partial charge in [0.05, 0.1) is 0 Å². The van der Waals surface area contributed by atoms with Crippen LogP contribution >= 0.6 is 0 Å². The first-order chi connectivity index (χ1) is 5.11. The monoisotopic (exact) mass is 157 g/mol. The Morgan fingerprint density at radius 3 is 2.73 bits per heavy atom. The van der Waals surface area contributed by atoms with Crippen molar-refractivity contribution in [2.45, 2.75) is 26.4 Å². The molecule has 0 aliphatic heterocycles. The molecule has 64 valence electrons. The van der Waals surface area contributed by atoms with Gasteiger partial charge in [-0.2, -0.15) is 0 Å². The summed E-state index contributed by atoms with van der Waals surface area (Å²) in [5, 5.41) is 11.5. The predicted octanol–water partition coefficient (Wildman–Crippen LogP) is 0.139. The van der Waals surface area contributed by atoms with Crippen LogP contribution in [0.4, 0.5) is 0 Å². The molecule has 0 bridgehead atoms. The van der Waals surface area contributed by atoms with Crippen LogP contribution in [0.1, 0.15) is 20.3 Å². The van der Waals surface area contributed by atoms with E-state index in [0.717, 1.165) is 12.5 Å². The average Bonchev–Trinajstić information content (AvgIpc) is 2.61. The molecule has 3 heteroatoms. The summed E-state index contributed by atoms with van der Waals surface area (Å²) in [6.07, 6.45) is 0.337. The second kappa shape index (κ2) is 3.22. The summed E-state index contributed by atoms with van der Waals surface area (Å²) in [4.78, 5) is 10.8. The third kappa shape index (κ3) is 2.50. The molecule has 3 nitrogen and oxygen atoms in total. The van der Waals surface area contributed by atoms with Gasteiger partial charge in [0.15, 0.2) is 0 Å². The molecule has 1 saturated carbocycles. The van der Waals surface area contributed by atoms with Crippen LogP contribution in [0.5, 0.6) is 0 Å². The van der Waals surface area contributed by atoms with Crippen LogP contribution in [-0.4, -0.2) is 23.7 Å². The molecule has 1 fully saturated rings. The molecule has 3 atom stereocenters. The molecule has 1 aliphatic carbocycles. The lowest BCUT2D eigenvalue weighted by atomic mass is 10.3. The maximum Gasteiger partial charge on any atom is 0.248 e. The van der Waals surface area contributed by atoms with Crippen LogP contribution in [0.2, 0.25) is 0 Å². The molecular weight excluding hydrogens is 142 g/mol. The molecule has 1 rings (SSSR count). The van der Waals surface area contributed by atoms with Crippen molar-refractivity contribution >= 4 is 5.91 Å². The first-order valence-corrected chi connectivity index (χ1v) is 4.07. The van der Waals surface area contributed by atoms with Gasteiger partial charge in [-0.3, -0.25) is 4.79 Å². The zero-order valence-corrected chi connectivity index (χ0v) is 7.00. The number of carbonyl (C=O) groups excluding carboxylic acids is 1. The molecule has 0 aromatic rings. The van der Waals surface area contributed by atoms with Crippen LogP contribution in [0.3, 0.4) is 0 Å². The van der Waals surface area contributed by atoms with E-state index < -0.39 is 6.10 Å². The molecule has 0 spiro atoms. The largest absolute Gasteiger partial charge is 0.384 e. The number of hydrogen-bond acceptors (Lipinski definition) is 2. The Balaban J connectivity index is 2.07. The maximum atomic E-state index is 10.8.